The summed E-state index contributed by atoms with van der Waals surface area (Å²) in [4.78, 5) is 10.5. The Morgan fingerprint density at radius 3 is 2.92 bits per heavy atom. The third-order valence-electron chi connectivity index (χ3n) is 2.31. The van der Waals surface area contributed by atoms with Gasteiger partial charge in [-0.3, -0.25) is 0 Å². The van der Waals surface area contributed by atoms with Crippen LogP contribution in [0.4, 0.5) is 5.82 Å². The molecular formula is C9H14N4. The van der Waals surface area contributed by atoms with Crippen molar-refractivity contribution in [3.63, 3.8) is 0 Å². The summed E-state index contributed by atoms with van der Waals surface area (Å²) in [6, 6.07) is 2.35. The molecule has 0 amide bonds. The Bertz CT molecular complexity index is 293. The molecule has 0 spiro atoms. The highest BCUT2D eigenvalue weighted by molar-refractivity contribution is 5.42. The largest absolute Gasteiger partial charge is 0.353 e. The van der Waals surface area contributed by atoms with Gasteiger partial charge in [0.15, 0.2) is 0 Å². The minimum Gasteiger partial charge on any atom is -0.353 e. The molecule has 13 heavy (non-hydrogen) atoms. The van der Waals surface area contributed by atoms with E-state index < -0.39 is 0 Å². The van der Waals surface area contributed by atoms with Crippen molar-refractivity contribution >= 4 is 5.82 Å². The van der Waals surface area contributed by atoms with Gasteiger partial charge in [0.1, 0.15) is 12.1 Å². The topological polar surface area (TPSA) is 55.0 Å². The van der Waals surface area contributed by atoms with Crippen LogP contribution in [0.5, 0.6) is 0 Å². The number of nitrogens with two attached hydrogens (primary N) is 1. The number of nitrogens with zero attached hydrogens (tertiary/aromatic N) is 3. The summed E-state index contributed by atoms with van der Waals surface area (Å²) in [6.07, 6.45) is 2.58. The lowest BCUT2D eigenvalue weighted by Crippen LogP contribution is -2.56. The van der Waals surface area contributed by atoms with Gasteiger partial charge in [-0.15, -0.1) is 0 Å². The highest BCUT2D eigenvalue weighted by Crippen LogP contribution is 2.17. The summed E-state index contributed by atoms with van der Waals surface area (Å²) in [6.45, 7) is 3.92. The van der Waals surface area contributed by atoms with Gasteiger partial charge in [0, 0.05) is 30.9 Å². The molecule has 0 atom stereocenters. The van der Waals surface area contributed by atoms with Gasteiger partial charge in [0.25, 0.3) is 0 Å². The zero-order valence-corrected chi connectivity index (χ0v) is 7.77. The number of hydrogen-bond donors (Lipinski definition) is 1. The Morgan fingerprint density at radius 2 is 2.31 bits per heavy atom. The molecule has 1 saturated heterocycles. The van der Waals surface area contributed by atoms with Crippen molar-refractivity contribution in [3.05, 3.63) is 18.1 Å². The Kier molecular flexibility index (Phi) is 2.14. The second kappa shape index (κ2) is 3.30. The number of rotatable bonds is 2. The first-order chi connectivity index (χ1) is 6.29. The van der Waals surface area contributed by atoms with Gasteiger partial charge in [-0.2, -0.15) is 0 Å². The van der Waals surface area contributed by atoms with E-state index in [1.807, 2.05) is 6.07 Å². The van der Waals surface area contributed by atoms with Crippen molar-refractivity contribution < 1.29 is 0 Å². The van der Waals surface area contributed by atoms with Gasteiger partial charge in [-0.05, 0) is 6.42 Å². The fraction of sp³-hybridized carbons (Fsp3) is 0.556. The first-order valence-corrected chi connectivity index (χ1v) is 4.61. The van der Waals surface area contributed by atoms with Gasteiger partial charge in [-0.25, -0.2) is 9.97 Å². The monoisotopic (exact) mass is 178 g/mol. The van der Waals surface area contributed by atoms with Crippen LogP contribution in [0, 0.1) is 0 Å². The summed E-state index contributed by atoms with van der Waals surface area (Å²) >= 11 is 0. The van der Waals surface area contributed by atoms with Crippen LogP contribution in [0.1, 0.15) is 12.6 Å². The zero-order chi connectivity index (χ0) is 9.26. The smallest absolute Gasteiger partial charge is 0.132 e. The molecule has 2 rings (SSSR count). The molecule has 1 aromatic rings. The summed E-state index contributed by atoms with van der Waals surface area (Å²) < 4.78 is 0. The first-order valence-electron chi connectivity index (χ1n) is 4.61. The average molecular weight is 178 g/mol. The summed E-state index contributed by atoms with van der Waals surface area (Å²) in [5.41, 5.74) is 6.78. The molecule has 1 fully saturated rings. The molecule has 0 aliphatic carbocycles. The molecule has 4 nitrogen and oxygen atoms in total. The Morgan fingerprint density at radius 1 is 1.54 bits per heavy atom. The van der Waals surface area contributed by atoms with Gasteiger partial charge >= 0.3 is 0 Å². The lowest BCUT2D eigenvalue weighted by atomic mass is 10.1. The molecule has 0 aromatic carbocycles. The Hall–Kier alpha value is -1.16. The average Bonchev–Trinajstić information content (AvgIpc) is 2.13. The molecule has 0 radical (unpaired) electrons. The fourth-order valence-corrected chi connectivity index (χ4v) is 1.45. The van der Waals surface area contributed by atoms with E-state index in [1.54, 1.807) is 6.33 Å². The molecule has 1 aromatic heterocycles. The lowest BCUT2D eigenvalue weighted by Gasteiger charge is -2.37. The third-order valence-corrected chi connectivity index (χ3v) is 2.31. The van der Waals surface area contributed by atoms with E-state index >= 15 is 0 Å². The van der Waals surface area contributed by atoms with Crippen molar-refractivity contribution in [2.45, 2.75) is 19.4 Å². The molecule has 2 N–H and O–H groups in total. The predicted molar refractivity (Wildman–Crippen MR) is 51.6 cm³/mol. The van der Waals surface area contributed by atoms with E-state index in [4.69, 9.17) is 5.73 Å². The number of hydrogen-bond acceptors (Lipinski definition) is 4. The van der Waals surface area contributed by atoms with Crippen molar-refractivity contribution in [1.29, 1.82) is 0 Å². The lowest BCUT2D eigenvalue weighted by molar-refractivity contribution is 0.514. The van der Waals surface area contributed by atoms with Crippen LogP contribution in [0.25, 0.3) is 0 Å². The van der Waals surface area contributed by atoms with Crippen LogP contribution >= 0.6 is 0 Å². The van der Waals surface area contributed by atoms with Gasteiger partial charge in [0.05, 0.1) is 0 Å². The van der Waals surface area contributed by atoms with Crippen LogP contribution in [0.15, 0.2) is 12.4 Å². The Balaban J connectivity index is 2.12. The molecule has 0 bridgehead atoms. The van der Waals surface area contributed by atoms with E-state index in [2.05, 4.69) is 21.8 Å². The van der Waals surface area contributed by atoms with E-state index in [9.17, 15) is 0 Å². The molecule has 1 aliphatic rings. The zero-order valence-electron chi connectivity index (χ0n) is 7.77. The quantitative estimate of drug-likeness (QED) is 0.702. The maximum absolute atomic E-state index is 5.69. The molecule has 0 saturated carbocycles. The molecule has 4 heteroatoms. The van der Waals surface area contributed by atoms with Crippen molar-refractivity contribution in [2.24, 2.45) is 5.73 Å². The molecule has 0 unspecified atom stereocenters. The number of aromatic nitrogens is 2. The standard InChI is InChI=1S/C9H14N4/c1-2-8-3-9(12-6-11-8)13-4-7(10)5-13/h3,6-7H,2,4-5,10H2,1H3. The summed E-state index contributed by atoms with van der Waals surface area (Å²) in [5, 5.41) is 0. The van der Waals surface area contributed by atoms with Crippen LogP contribution in [0.3, 0.4) is 0 Å². The minimum atomic E-state index is 0.319. The molecule has 70 valence electrons. The Labute approximate surface area is 77.8 Å². The molecule has 2 heterocycles. The van der Waals surface area contributed by atoms with E-state index in [-0.39, 0.29) is 0 Å². The maximum Gasteiger partial charge on any atom is 0.132 e. The van der Waals surface area contributed by atoms with Crippen molar-refractivity contribution in [2.75, 3.05) is 18.0 Å². The van der Waals surface area contributed by atoms with Crippen LogP contribution < -0.4 is 10.6 Å². The number of aryl methyl sites for hydroxylation is 1. The van der Waals surface area contributed by atoms with Gasteiger partial charge in [0.2, 0.25) is 0 Å². The number of anilines is 1. The maximum atomic E-state index is 5.69. The normalized spacial score (nSPS) is 17.2. The molecular weight excluding hydrogens is 164 g/mol. The second-order valence-electron chi connectivity index (χ2n) is 3.39. The summed E-state index contributed by atoms with van der Waals surface area (Å²) in [7, 11) is 0. The van der Waals surface area contributed by atoms with Crippen LogP contribution in [-0.4, -0.2) is 29.1 Å². The van der Waals surface area contributed by atoms with Crippen molar-refractivity contribution in [1.82, 2.24) is 9.97 Å². The molecule has 1 aliphatic heterocycles. The highest BCUT2D eigenvalue weighted by Gasteiger charge is 2.24. The van der Waals surface area contributed by atoms with Gasteiger partial charge in [-0.1, -0.05) is 6.92 Å². The fourth-order valence-electron chi connectivity index (χ4n) is 1.45. The van der Waals surface area contributed by atoms with Crippen LogP contribution in [0.2, 0.25) is 0 Å². The van der Waals surface area contributed by atoms with E-state index in [1.165, 1.54) is 0 Å². The third kappa shape index (κ3) is 1.62. The van der Waals surface area contributed by atoms with Crippen molar-refractivity contribution in [3.8, 4) is 0 Å². The van der Waals surface area contributed by atoms with E-state index in [0.717, 1.165) is 31.0 Å². The SMILES string of the molecule is CCc1cc(N2CC(N)C2)ncn1. The van der Waals surface area contributed by atoms with E-state index in [0.29, 0.717) is 6.04 Å². The summed E-state index contributed by atoms with van der Waals surface area (Å²) in [5.74, 6) is 1.01. The minimum absolute atomic E-state index is 0.319. The van der Waals surface area contributed by atoms with Gasteiger partial charge < -0.3 is 10.6 Å². The first kappa shape index (κ1) is 8.44. The second-order valence-corrected chi connectivity index (χ2v) is 3.39. The van der Waals surface area contributed by atoms with Crippen LogP contribution in [-0.2, 0) is 6.42 Å². The highest BCUT2D eigenvalue weighted by atomic mass is 15.3. The predicted octanol–water partition coefficient (Wildman–Crippen LogP) is 0.186.